The van der Waals surface area contributed by atoms with Crippen molar-refractivity contribution in [1.82, 2.24) is 49.6 Å². The van der Waals surface area contributed by atoms with E-state index in [0.717, 1.165) is 113 Å². The van der Waals surface area contributed by atoms with Crippen molar-refractivity contribution in [3.05, 3.63) is 120 Å². The van der Waals surface area contributed by atoms with Gasteiger partial charge in [-0.1, -0.05) is 23.7 Å². The topological polar surface area (TPSA) is 161 Å². The third kappa shape index (κ3) is 9.79. The van der Waals surface area contributed by atoms with E-state index in [9.17, 15) is 9.59 Å². The number of aliphatic imine (C=N–C) groups is 2. The first kappa shape index (κ1) is 46.6. The highest BCUT2D eigenvalue weighted by Gasteiger charge is 2.35. The number of amides is 1. The number of nitrogens with zero attached hydrogens (tertiary/aromatic N) is 11. The lowest BCUT2D eigenvalue weighted by Crippen LogP contribution is -2.47. The summed E-state index contributed by atoms with van der Waals surface area (Å²) in [6.07, 6.45) is 5.69. The minimum Gasteiger partial charge on any atom is -0.460 e. The molecule has 2 unspecified atom stereocenters. The zero-order valence-electron chi connectivity index (χ0n) is 39.4. The first-order valence-electron chi connectivity index (χ1n) is 23.0. The van der Waals surface area contributed by atoms with Crippen molar-refractivity contribution >= 4 is 57.6 Å². The van der Waals surface area contributed by atoms with Crippen LogP contribution in [0.5, 0.6) is 0 Å². The molecule has 6 aromatic rings. The van der Waals surface area contributed by atoms with Crippen LogP contribution in [0.1, 0.15) is 119 Å². The molecule has 1 saturated heterocycles. The second-order valence-electron chi connectivity index (χ2n) is 18.5. The summed E-state index contributed by atoms with van der Waals surface area (Å²) in [5, 5.41) is 24.0. The summed E-state index contributed by atoms with van der Waals surface area (Å²) < 4.78 is 9.92. The Balaban J connectivity index is 0.810. The maximum absolute atomic E-state index is 13.4. The highest BCUT2D eigenvalue weighted by atomic mass is 35.5. The van der Waals surface area contributed by atoms with Crippen LogP contribution in [0.25, 0.3) is 10.0 Å². The summed E-state index contributed by atoms with van der Waals surface area (Å²) in [5.41, 5.74) is 7.43. The molecule has 1 N–H and O–H groups in total. The molecule has 0 radical (unpaired) electrons. The average Bonchev–Trinajstić information content (AvgIpc) is 3.99. The van der Waals surface area contributed by atoms with E-state index < -0.39 is 17.7 Å². The molecule has 1 fully saturated rings. The molecule has 0 spiro atoms. The second kappa shape index (κ2) is 19.3. The van der Waals surface area contributed by atoms with Gasteiger partial charge in [0.05, 0.1) is 17.8 Å². The molecular weight excluding hydrogens is 904 g/mol. The van der Waals surface area contributed by atoms with Crippen LogP contribution in [0, 0.1) is 34.6 Å². The van der Waals surface area contributed by atoms with Crippen LogP contribution in [-0.2, 0) is 20.7 Å². The van der Waals surface area contributed by atoms with Gasteiger partial charge in [-0.2, -0.15) is 0 Å². The minimum absolute atomic E-state index is 0.00455. The number of hydrogen-bond acceptors (Lipinski definition) is 14. The predicted octanol–water partition coefficient (Wildman–Crippen LogP) is 7.83. The lowest BCUT2D eigenvalue weighted by Gasteiger charge is -2.34. The van der Waals surface area contributed by atoms with Gasteiger partial charge < -0.3 is 19.9 Å². The number of nitrogens with one attached hydrogen (secondary N) is 1. The molecule has 2 atom stereocenters. The van der Waals surface area contributed by atoms with Crippen molar-refractivity contribution in [2.45, 2.75) is 98.8 Å². The van der Waals surface area contributed by atoms with Crippen LogP contribution in [0.2, 0.25) is 5.02 Å². The number of carbonyl (C=O) groups is 2. The number of ether oxygens (including phenoxy) is 1. The van der Waals surface area contributed by atoms with Crippen molar-refractivity contribution < 1.29 is 14.3 Å². The Kier molecular flexibility index (Phi) is 13.4. The molecule has 1 amide bonds. The van der Waals surface area contributed by atoms with E-state index in [1.54, 1.807) is 35.1 Å². The maximum Gasteiger partial charge on any atom is 0.308 e. The first-order chi connectivity index (χ1) is 32.1. The summed E-state index contributed by atoms with van der Waals surface area (Å²) in [5.74, 6) is 2.57. The van der Waals surface area contributed by atoms with Crippen molar-refractivity contribution in [2.24, 2.45) is 9.98 Å². The van der Waals surface area contributed by atoms with E-state index in [-0.39, 0.29) is 18.3 Å². The smallest absolute Gasteiger partial charge is 0.308 e. The van der Waals surface area contributed by atoms with E-state index in [4.69, 9.17) is 26.3 Å². The van der Waals surface area contributed by atoms with E-state index >= 15 is 0 Å². The van der Waals surface area contributed by atoms with Gasteiger partial charge in [-0.3, -0.25) is 33.7 Å². The number of esters is 1. The molecule has 0 saturated carbocycles. The van der Waals surface area contributed by atoms with E-state index in [2.05, 4.69) is 70.4 Å². The summed E-state index contributed by atoms with van der Waals surface area (Å²) in [6.45, 7) is 21.9. The minimum atomic E-state index is -0.616. The summed E-state index contributed by atoms with van der Waals surface area (Å²) in [4.78, 5) is 48.9. The predicted molar refractivity (Wildman–Crippen MR) is 264 cm³/mol. The van der Waals surface area contributed by atoms with Crippen LogP contribution < -0.4 is 5.32 Å². The Hall–Kier alpha value is -5.46. The molecule has 3 aliphatic rings. The third-order valence-corrected chi connectivity index (χ3v) is 15.5. The van der Waals surface area contributed by atoms with Gasteiger partial charge in [0, 0.05) is 95.1 Å². The summed E-state index contributed by atoms with van der Waals surface area (Å²) in [7, 11) is 0. The van der Waals surface area contributed by atoms with Crippen LogP contribution in [0.15, 0.2) is 58.8 Å². The van der Waals surface area contributed by atoms with Gasteiger partial charge in [0.25, 0.3) is 0 Å². The number of thiophene rings is 2. The lowest BCUT2D eigenvalue weighted by molar-refractivity contribution is -0.155. The molecule has 1 aromatic carbocycles. The number of hydrogen-bond donors (Lipinski definition) is 1. The van der Waals surface area contributed by atoms with Crippen molar-refractivity contribution in [3.63, 3.8) is 0 Å². The molecule has 18 heteroatoms. The Labute approximate surface area is 404 Å². The molecule has 15 nitrogen and oxygen atoms in total. The Morgan fingerprint density at radius 2 is 1.31 bits per heavy atom. The molecule has 3 aliphatic heterocycles. The monoisotopic (exact) mass is 960 g/mol. The molecular formula is C49H57ClN12O3S2. The first-order valence-corrected chi connectivity index (χ1v) is 25.0. The Bertz CT molecular complexity index is 2860. The number of rotatable bonds is 13. The normalized spacial score (nSPS) is 17.4. The van der Waals surface area contributed by atoms with E-state index in [1.807, 2.05) is 71.0 Å². The second-order valence-corrected chi connectivity index (χ2v) is 21.3. The highest BCUT2D eigenvalue weighted by Crippen LogP contribution is 2.41. The van der Waals surface area contributed by atoms with Crippen LogP contribution in [-0.4, -0.2) is 119 Å². The van der Waals surface area contributed by atoms with E-state index in [0.29, 0.717) is 23.8 Å². The van der Waals surface area contributed by atoms with Crippen LogP contribution in [0.3, 0.4) is 0 Å². The van der Waals surface area contributed by atoms with Gasteiger partial charge in [0.15, 0.2) is 11.6 Å². The van der Waals surface area contributed by atoms with Gasteiger partial charge in [0.2, 0.25) is 5.91 Å². The number of aromatic nitrogens is 7. The molecule has 0 aliphatic carbocycles. The lowest BCUT2D eigenvalue weighted by atomic mass is 9.99. The zero-order valence-corrected chi connectivity index (χ0v) is 41.8. The number of piperazine rings is 1. The quantitative estimate of drug-likeness (QED) is 0.113. The van der Waals surface area contributed by atoms with Gasteiger partial charge in [-0.25, -0.2) is 0 Å². The van der Waals surface area contributed by atoms with Crippen molar-refractivity contribution in [2.75, 3.05) is 45.8 Å². The molecule has 67 heavy (non-hydrogen) atoms. The fourth-order valence-electron chi connectivity index (χ4n) is 9.14. The standard InChI is InChI=1S/C49H57ClN12O3S2/c1-28-30(3)66-47-41(28)43(33-11-13-35(50)14-12-33)54-37(46-58-56-32(5)62(46)47)27-52-39(63)10-9-20-59-22-24-60(25-23-59)21-17-38-29(2)42-44(34-15-18-51-19-16-34)53-36(26-40(64)65-49(6,7)8)45-57-55-31(4)61(45)48(42)67-38/h11-16,18-19,36-37H,9-10,17,20-27H2,1-8H3,(H,52,63). The van der Waals surface area contributed by atoms with Crippen molar-refractivity contribution in [3.8, 4) is 10.0 Å². The number of benzene rings is 1. The SMILES string of the molecule is Cc1sc2c(c1C)C(c1ccc(Cl)cc1)=NC(CNC(=O)CCCN1CCN(CCc3sc4c(c3C)C(c3ccncc3)=NC(CC(=O)OC(C)(C)C)c3nnc(C)n3-4)CC1)c1nnc(C)n1-2. The summed E-state index contributed by atoms with van der Waals surface area (Å²) in [6, 6.07) is 10.7. The molecule has 9 rings (SSSR count). The number of fused-ring (bicyclic) bond motifs is 6. The van der Waals surface area contributed by atoms with Crippen molar-refractivity contribution in [1.29, 1.82) is 0 Å². The largest absolute Gasteiger partial charge is 0.460 e. The molecule has 0 bridgehead atoms. The van der Waals surface area contributed by atoms with Gasteiger partial charge >= 0.3 is 5.97 Å². The van der Waals surface area contributed by atoms with Gasteiger partial charge in [0.1, 0.15) is 39.3 Å². The number of pyridine rings is 1. The summed E-state index contributed by atoms with van der Waals surface area (Å²) >= 11 is 9.76. The van der Waals surface area contributed by atoms with Crippen LogP contribution in [0.4, 0.5) is 0 Å². The fourth-order valence-corrected chi connectivity index (χ4v) is 11.8. The fraction of sp³-hybridized carbons (Fsp3) is 0.449. The average molecular weight is 962 g/mol. The van der Waals surface area contributed by atoms with E-state index in [1.165, 1.54) is 20.9 Å². The van der Waals surface area contributed by atoms with Gasteiger partial charge in [-0.05, 0) is 110 Å². The Morgan fingerprint density at radius 3 is 1.96 bits per heavy atom. The van der Waals surface area contributed by atoms with Crippen LogP contribution >= 0.6 is 34.3 Å². The maximum atomic E-state index is 13.4. The zero-order chi connectivity index (χ0) is 47.1. The highest BCUT2D eigenvalue weighted by molar-refractivity contribution is 7.15. The number of carbonyl (C=O) groups excluding carboxylic acids is 2. The number of halogens is 1. The molecule has 5 aromatic heterocycles. The Morgan fingerprint density at radius 1 is 0.746 bits per heavy atom. The van der Waals surface area contributed by atoms with Gasteiger partial charge in [-0.15, -0.1) is 43.1 Å². The third-order valence-electron chi connectivity index (χ3n) is 12.7. The molecule has 8 heterocycles. The number of aryl methyl sites for hydroxylation is 3. The molecule has 350 valence electrons.